The largest absolute Gasteiger partial charge is 0.507 e. The molecule has 1 aliphatic carbocycles. The minimum Gasteiger partial charge on any atom is -0.507 e. The van der Waals surface area contributed by atoms with Crippen molar-refractivity contribution in [1.29, 1.82) is 0 Å². The zero-order chi connectivity index (χ0) is 11.8. The van der Waals surface area contributed by atoms with Crippen molar-refractivity contribution in [2.24, 2.45) is 0 Å². The molecule has 1 aliphatic rings. The Labute approximate surface area is 98.8 Å². The van der Waals surface area contributed by atoms with Crippen molar-refractivity contribution in [3.63, 3.8) is 0 Å². The first-order chi connectivity index (χ1) is 8.29. The summed E-state index contributed by atoms with van der Waals surface area (Å²) in [6.07, 6.45) is 0. The molecule has 82 valence electrons. The van der Waals surface area contributed by atoms with Crippen LogP contribution in [0.3, 0.4) is 0 Å². The van der Waals surface area contributed by atoms with Crippen LogP contribution in [0, 0.1) is 0 Å². The highest BCUT2D eigenvalue weighted by Crippen LogP contribution is 2.36. The molecule has 0 radical (unpaired) electrons. The van der Waals surface area contributed by atoms with Crippen molar-refractivity contribution in [3.8, 4) is 0 Å². The molecule has 0 spiro atoms. The Morgan fingerprint density at radius 3 is 2.00 bits per heavy atom. The Balaban J connectivity index is 2.22. The van der Waals surface area contributed by atoms with Crippen molar-refractivity contribution in [2.45, 2.75) is 0 Å². The number of carbonyl (C=O) groups is 1. The summed E-state index contributed by atoms with van der Waals surface area (Å²) >= 11 is 0. The summed E-state index contributed by atoms with van der Waals surface area (Å²) in [5.41, 5.74) is 2.35. The van der Waals surface area contributed by atoms with Gasteiger partial charge in [-0.25, -0.2) is 0 Å². The molecule has 0 saturated carbocycles. The maximum absolute atomic E-state index is 12.2. The maximum Gasteiger partial charge on any atom is 0.198 e. The fourth-order valence-electron chi connectivity index (χ4n) is 2.14. The molecule has 0 heterocycles. The molecular weight excluding hydrogens is 212 g/mol. The molecule has 0 saturated heterocycles. The summed E-state index contributed by atoms with van der Waals surface area (Å²) in [4.78, 5) is 12.2. The van der Waals surface area contributed by atoms with Crippen molar-refractivity contribution in [2.75, 3.05) is 0 Å². The van der Waals surface area contributed by atoms with Crippen LogP contribution in [0.4, 0.5) is 0 Å². The van der Waals surface area contributed by atoms with Crippen molar-refractivity contribution in [1.82, 2.24) is 0 Å². The third-order valence-corrected chi connectivity index (χ3v) is 2.95. The monoisotopic (exact) mass is 222 g/mol. The number of aliphatic hydroxyl groups is 1. The first kappa shape index (κ1) is 9.85. The van der Waals surface area contributed by atoms with Gasteiger partial charge in [0.15, 0.2) is 5.78 Å². The van der Waals surface area contributed by atoms with E-state index in [2.05, 4.69) is 0 Å². The van der Waals surface area contributed by atoms with Crippen molar-refractivity contribution >= 4 is 17.1 Å². The molecule has 0 aromatic heterocycles. The molecule has 0 amide bonds. The molecule has 0 atom stereocenters. The van der Waals surface area contributed by atoms with Crippen LogP contribution in [0.5, 0.6) is 0 Å². The van der Waals surface area contributed by atoms with Crippen LogP contribution in [-0.4, -0.2) is 10.9 Å². The highest BCUT2D eigenvalue weighted by molar-refractivity contribution is 6.38. The van der Waals surface area contributed by atoms with Crippen LogP contribution in [0.2, 0.25) is 0 Å². The van der Waals surface area contributed by atoms with E-state index in [0.717, 1.165) is 5.56 Å². The number of hydrogen-bond acceptors (Lipinski definition) is 2. The zero-order valence-corrected chi connectivity index (χ0v) is 9.05. The van der Waals surface area contributed by atoms with Crippen LogP contribution in [-0.2, 0) is 0 Å². The number of ketones is 1. The normalized spacial score (nSPS) is 14.0. The van der Waals surface area contributed by atoms with Gasteiger partial charge in [0.25, 0.3) is 0 Å². The number of allylic oxidation sites excluding steroid dienone is 1. The predicted octanol–water partition coefficient (Wildman–Crippen LogP) is 3.31. The third-order valence-electron chi connectivity index (χ3n) is 2.95. The molecule has 1 N–H and O–H groups in total. The molecule has 0 bridgehead atoms. The van der Waals surface area contributed by atoms with Crippen molar-refractivity contribution < 1.29 is 9.90 Å². The minimum absolute atomic E-state index is 0.0804. The summed E-state index contributed by atoms with van der Waals surface area (Å²) in [5, 5.41) is 10.1. The Hall–Kier alpha value is -2.35. The zero-order valence-electron chi connectivity index (χ0n) is 9.05. The number of fused-ring (bicyclic) bond motifs is 1. The quantitative estimate of drug-likeness (QED) is 0.803. The Morgan fingerprint density at radius 1 is 0.765 bits per heavy atom. The lowest BCUT2D eigenvalue weighted by molar-refractivity contribution is 0.105. The smallest absolute Gasteiger partial charge is 0.198 e. The molecule has 17 heavy (non-hydrogen) atoms. The van der Waals surface area contributed by atoms with E-state index < -0.39 is 0 Å². The Kier molecular flexibility index (Phi) is 2.08. The molecule has 2 aromatic rings. The van der Waals surface area contributed by atoms with Gasteiger partial charge in [-0.1, -0.05) is 54.6 Å². The van der Waals surface area contributed by atoms with Crippen LogP contribution in [0.1, 0.15) is 21.5 Å². The fraction of sp³-hybridized carbons (Fsp3) is 0. The number of rotatable bonds is 1. The minimum atomic E-state index is -0.107. The second-order valence-electron chi connectivity index (χ2n) is 3.96. The van der Waals surface area contributed by atoms with E-state index in [1.807, 2.05) is 36.4 Å². The van der Waals surface area contributed by atoms with E-state index >= 15 is 0 Å². The molecular formula is C15H10O2. The van der Waals surface area contributed by atoms with Gasteiger partial charge in [-0.3, -0.25) is 4.79 Å². The van der Waals surface area contributed by atoms with Gasteiger partial charge in [-0.15, -0.1) is 0 Å². The topological polar surface area (TPSA) is 37.3 Å². The summed E-state index contributed by atoms with van der Waals surface area (Å²) in [6.45, 7) is 0. The van der Waals surface area contributed by atoms with E-state index in [9.17, 15) is 9.90 Å². The lowest BCUT2D eigenvalue weighted by Crippen LogP contribution is -1.97. The summed E-state index contributed by atoms with van der Waals surface area (Å²) in [7, 11) is 0. The fourth-order valence-corrected chi connectivity index (χ4v) is 2.14. The van der Waals surface area contributed by atoms with Crippen molar-refractivity contribution in [3.05, 3.63) is 71.3 Å². The number of Topliss-reactive ketones (excluding diaryl/α,β-unsaturated/α-hetero) is 1. The molecule has 2 heteroatoms. The molecule has 2 nitrogen and oxygen atoms in total. The first-order valence-electron chi connectivity index (χ1n) is 5.42. The average Bonchev–Trinajstić information content (AvgIpc) is 2.64. The summed E-state index contributed by atoms with van der Waals surface area (Å²) < 4.78 is 0. The molecule has 0 unspecified atom stereocenters. The van der Waals surface area contributed by atoms with E-state index in [1.165, 1.54) is 0 Å². The second-order valence-corrected chi connectivity index (χ2v) is 3.96. The number of benzene rings is 2. The van der Waals surface area contributed by atoms with Crippen LogP contribution in [0.25, 0.3) is 11.3 Å². The maximum atomic E-state index is 12.2. The van der Waals surface area contributed by atoms with E-state index in [1.54, 1.807) is 18.2 Å². The highest BCUT2D eigenvalue weighted by atomic mass is 16.3. The van der Waals surface area contributed by atoms with Gasteiger partial charge in [0.1, 0.15) is 5.76 Å². The van der Waals surface area contributed by atoms with Crippen LogP contribution < -0.4 is 0 Å². The van der Waals surface area contributed by atoms with Crippen LogP contribution >= 0.6 is 0 Å². The lowest BCUT2D eigenvalue weighted by Gasteiger charge is -2.00. The van der Waals surface area contributed by atoms with E-state index in [4.69, 9.17) is 0 Å². The number of carbonyl (C=O) groups excluding carboxylic acids is 1. The van der Waals surface area contributed by atoms with Gasteiger partial charge >= 0.3 is 0 Å². The molecule has 3 rings (SSSR count). The van der Waals surface area contributed by atoms with Gasteiger partial charge in [0, 0.05) is 11.1 Å². The number of aliphatic hydroxyl groups excluding tert-OH is 1. The third kappa shape index (κ3) is 1.38. The van der Waals surface area contributed by atoms with E-state index in [0.29, 0.717) is 16.7 Å². The lowest BCUT2D eigenvalue weighted by atomic mass is 10.0. The van der Waals surface area contributed by atoms with E-state index in [-0.39, 0.29) is 11.5 Å². The van der Waals surface area contributed by atoms with Gasteiger partial charge in [0.05, 0.1) is 5.57 Å². The second kappa shape index (κ2) is 3.59. The molecule has 2 aromatic carbocycles. The summed E-state index contributed by atoms with van der Waals surface area (Å²) in [5.74, 6) is -0.0268. The van der Waals surface area contributed by atoms with Crippen LogP contribution in [0.15, 0.2) is 54.6 Å². The standard InChI is InChI=1S/C15H10O2/c16-14-11-8-4-5-9-12(11)15(17)13(14)10-6-2-1-3-7-10/h1-9,16H. The highest BCUT2D eigenvalue weighted by Gasteiger charge is 2.29. The van der Waals surface area contributed by atoms with Gasteiger partial charge in [-0.05, 0) is 5.56 Å². The molecule has 0 aliphatic heterocycles. The SMILES string of the molecule is O=C1C(c2ccccc2)=C(O)c2ccccc21. The van der Waals surface area contributed by atoms with Gasteiger partial charge in [0.2, 0.25) is 0 Å². The average molecular weight is 222 g/mol. The number of hydrogen-bond donors (Lipinski definition) is 1. The predicted molar refractivity (Wildman–Crippen MR) is 66.7 cm³/mol. The Bertz CT molecular complexity index is 624. The van der Waals surface area contributed by atoms with Gasteiger partial charge < -0.3 is 5.11 Å². The van der Waals surface area contributed by atoms with Gasteiger partial charge in [-0.2, -0.15) is 0 Å². The summed E-state index contributed by atoms with van der Waals surface area (Å²) in [6, 6.07) is 16.4. The molecule has 0 fully saturated rings. The Morgan fingerprint density at radius 2 is 1.35 bits per heavy atom. The first-order valence-corrected chi connectivity index (χ1v) is 5.42.